The molecule has 1 aromatic carbocycles. The summed E-state index contributed by atoms with van der Waals surface area (Å²) in [6.45, 7) is 3.97. The Kier molecular flexibility index (Phi) is 6.93. The van der Waals surface area contributed by atoms with Gasteiger partial charge < -0.3 is 24.7 Å². The Balaban J connectivity index is 1.50. The predicted molar refractivity (Wildman–Crippen MR) is 125 cm³/mol. The highest BCUT2D eigenvalue weighted by Gasteiger charge is 2.14. The minimum atomic E-state index is -0.295. The molecule has 1 aliphatic rings. The van der Waals surface area contributed by atoms with Crippen LogP contribution in [0.1, 0.15) is 16.8 Å². The number of H-pyrrole nitrogens is 1. The first-order valence-electron chi connectivity index (χ1n) is 10.4. The molecule has 1 amide bonds. The van der Waals surface area contributed by atoms with E-state index in [0.29, 0.717) is 59.7 Å². The van der Waals surface area contributed by atoms with E-state index in [4.69, 9.17) is 21.7 Å². The summed E-state index contributed by atoms with van der Waals surface area (Å²) in [6, 6.07) is 8.61. The van der Waals surface area contributed by atoms with E-state index in [1.165, 1.54) is 4.57 Å². The molecule has 0 radical (unpaired) electrons. The van der Waals surface area contributed by atoms with Gasteiger partial charge in [0.05, 0.1) is 36.0 Å². The van der Waals surface area contributed by atoms with Crippen LogP contribution in [0.2, 0.25) is 0 Å². The molecule has 9 nitrogen and oxygen atoms in total. The van der Waals surface area contributed by atoms with E-state index >= 15 is 0 Å². The van der Waals surface area contributed by atoms with Crippen molar-refractivity contribution in [1.82, 2.24) is 14.5 Å². The SMILES string of the molecule is COCCCn1c(=S)[nH]c2cc(C(=O)Nc3ccc(N4CCOCC4)nc3)ccc2c1=O. The predicted octanol–water partition coefficient (Wildman–Crippen LogP) is 2.58. The molecule has 1 fully saturated rings. The summed E-state index contributed by atoms with van der Waals surface area (Å²) in [4.78, 5) is 35.2. The first-order valence-corrected chi connectivity index (χ1v) is 10.8. The molecular formula is C22H25N5O4S. The smallest absolute Gasteiger partial charge is 0.262 e. The second kappa shape index (κ2) is 10.0. The number of pyridine rings is 1. The van der Waals surface area contributed by atoms with Gasteiger partial charge in [-0.15, -0.1) is 0 Å². The Bertz CT molecular complexity index is 1220. The number of aromatic nitrogens is 3. The third-order valence-corrected chi connectivity index (χ3v) is 5.64. The molecule has 2 N–H and O–H groups in total. The highest BCUT2D eigenvalue weighted by molar-refractivity contribution is 7.71. The van der Waals surface area contributed by atoms with Crippen LogP contribution in [0.25, 0.3) is 10.9 Å². The Labute approximate surface area is 190 Å². The lowest BCUT2D eigenvalue weighted by atomic mass is 10.1. The number of aromatic amines is 1. The van der Waals surface area contributed by atoms with Crippen LogP contribution in [-0.4, -0.2) is 60.5 Å². The summed E-state index contributed by atoms with van der Waals surface area (Å²) < 4.78 is 12.2. The summed E-state index contributed by atoms with van der Waals surface area (Å²) >= 11 is 5.34. The molecule has 0 spiro atoms. The van der Waals surface area contributed by atoms with Gasteiger partial charge in [-0.2, -0.15) is 0 Å². The number of amides is 1. The molecule has 3 aromatic rings. The number of anilines is 2. The van der Waals surface area contributed by atoms with Crippen molar-refractivity contribution in [2.75, 3.05) is 50.2 Å². The van der Waals surface area contributed by atoms with Crippen molar-refractivity contribution in [2.24, 2.45) is 0 Å². The lowest BCUT2D eigenvalue weighted by molar-refractivity contribution is 0.102. The number of carbonyl (C=O) groups is 1. The first-order chi connectivity index (χ1) is 15.6. The van der Waals surface area contributed by atoms with Crippen molar-refractivity contribution in [1.29, 1.82) is 0 Å². The highest BCUT2D eigenvalue weighted by Crippen LogP contribution is 2.17. The third-order valence-electron chi connectivity index (χ3n) is 5.32. The molecule has 2 aromatic heterocycles. The van der Waals surface area contributed by atoms with Crippen molar-refractivity contribution in [2.45, 2.75) is 13.0 Å². The number of hydrogen-bond donors (Lipinski definition) is 2. The normalized spacial score (nSPS) is 14.0. The number of nitrogens with one attached hydrogen (secondary N) is 2. The summed E-state index contributed by atoms with van der Waals surface area (Å²) in [5.41, 5.74) is 1.34. The molecule has 0 saturated carbocycles. The van der Waals surface area contributed by atoms with Gasteiger partial charge in [0.1, 0.15) is 5.82 Å². The second-order valence-electron chi connectivity index (χ2n) is 7.45. The van der Waals surface area contributed by atoms with Gasteiger partial charge >= 0.3 is 0 Å². The van der Waals surface area contributed by atoms with Crippen LogP contribution >= 0.6 is 12.2 Å². The van der Waals surface area contributed by atoms with Crippen molar-refractivity contribution in [3.63, 3.8) is 0 Å². The number of ether oxygens (including phenoxy) is 2. The number of carbonyl (C=O) groups excluding carboxylic acids is 1. The van der Waals surface area contributed by atoms with Gasteiger partial charge in [0.25, 0.3) is 11.5 Å². The fourth-order valence-corrected chi connectivity index (χ4v) is 3.89. The molecule has 0 atom stereocenters. The van der Waals surface area contributed by atoms with Gasteiger partial charge in [-0.1, -0.05) is 0 Å². The Morgan fingerprint density at radius 1 is 1.28 bits per heavy atom. The van der Waals surface area contributed by atoms with Crippen LogP contribution in [0.5, 0.6) is 0 Å². The molecule has 168 valence electrons. The number of fused-ring (bicyclic) bond motifs is 1. The van der Waals surface area contributed by atoms with E-state index in [0.717, 1.165) is 18.9 Å². The lowest BCUT2D eigenvalue weighted by Crippen LogP contribution is -2.36. The number of hydrogen-bond acceptors (Lipinski definition) is 7. The lowest BCUT2D eigenvalue weighted by Gasteiger charge is -2.27. The molecule has 1 saturated heterocycles. The topological polar surface area (TPSA) is 101 Å². The molecule has 0 unspecified atom stereocenters. The van der Waals surface area contributed by atoms with Gasteiger partial charge in [-0.05, 0) is 49.0 Å². The van der Waals surface area contributed by atoms with Gasteiger partial charge in [-0.25, -0.2) is 4.98 Å². The van der Waals surface area contributed by atoms with Gasteiger partial charge in [0.15, 0.2) is 4.77 Å². The maximum absolute atomic E-state index is 12.8. The molecule has 0 aliphatic carbocycles. The third kappa shape index (κ3) is 4.87. The molecule has 4 rings (SSSR count). The van der Waals surface area contributed by atoms with E-state index in [9.17, 15) is 9.59 Å². The number of nitrogens with zero attached hydrogens (tertiary/aromatic N) is 3. The Morgan fingerprint density at radius 2 is 2.09 bits per heavy atom. The van der Waals surface area contributed by atoms with Crippen LogP contribution in [0.4, 0.5) is 11.5 Å². The molecule has 1 aliphatic heterocycles. The number of benzene rings is 1. The second-order valence-corrected chi connectivity index (χ2v) is 7.84. The largest absolute Gasteiger partial charge is 0.385 e. The maximum Gasteiger partial charge on any atom is 0.262 e. The monoisotopic (exact) mass is 455 g/mol. The zero-order valence-corrected chi connectivity index (χ0v) is 18.6. The van der Waals surface area contributed by atoms with Crippen molar-refractivity contribution in [3.05, 3.63) is 57.2 Å². The van der Waals surface area contributed by atoms with Crippen LogP contribution in [0.3, 0.4) is 0 Å². The minimum absolute atomic E-state index is 0.185. The molecule has 3 heterocycles. The van der Waals surface area contributed by atoms with Crippen LogP contribution < -0.4 is 15.8 Å². The molecule has 0 bridgehead atoms. The first kappa shape index (κ1) is 22.1. The van der Waals surface area contributed by atoms with Gasteiger partial charge in [-0.3, -0.25) is 14.2 Å². The highest BCUT2D eigenvalue weighted by atomic mass is 32.1. The van der Waals surface area contributed by atoms with E-state index in [1.54, 1.807) is 31.5 Å². The average Bonchev–Trinajstić information content (AvgIpc) is 2.82. The van der Waals surface area contributed by atoms with E-state index in [2.05, 4.69) is 20.2 Å². The number of methoxy groups -OCH3 is 1. The number of morpholine rings is 1. The zero-order valence-electron chi connectivity index (χ0n) is 17.8. The van der Waals surface area contributed by atoms with Crippen molar-refractivity contribution in [3.8, 4) is 0 Å². The van der Waals surface area contributed by atoms with E-state index in [-0.39, 0.29) is 11.5 Å². The van der Waals surface area contributed by atoms with Gasteiger partial charge in [0.2, 0.25) is 0 Å². The van der Waals surface area contributed by atoms with Crippen LogP contribution in [-0.2, 0) is 16.0 Å². The molecule has 32 heavy (non-hydrogen) atoms. The minimum Gasteiger partial charge on any atom is -0.385 e. The molecular weight excluding hydrogens is 430 g/mol. The Morgan fingerprint density at radius 3 is 2.81 bits per heavy atom. The van der Waals surface area contributed by atoms with Crippen molar-refractivity contribution < 1.29 is 14.3 Å². The molecule has 10 heteroatoms. The standard InChI is InChI=1S/C22H25N5O4S/c1-30-10-2-7-27-21(29)17-5-3-15(13-18(17)25-22(27)32)20(28)24-16-4-6-19(23-14-16)26-8-11-31-12-9-26/h3-6,13-14H,2,7-12H2,1H3,(H,24,28)(H,25,32). The summed E-state index contributed by atoms with van der Waals surface area (Å²) in [7, 11) is 1.62. The fraction of sp³-hybridized carbons (Fsp3) is 0.364. The van der Waals surface area contributed by atoms with Crippen molar-refractivity contribution >= 4 is 40.5 Å². The summed E-state index contributed by atoms with van der Waals surface area (Å²) in [5, 5.41) is 3.32. The van der Waals surface area contributed by atoms with E-state index in [1.807, 2.05) is 12.1 Å². The van der Waals surface area contributed by atoms with E-state index < -0.39 is 0 Å². The summed E-state index contributed by atoms with van der Waals surface area (Å²) in [5.74, 6) is 0.558. The Hall–Kier alpha value is -3.08. The van der Waals surface area contributed by atoms with Crippen LogP contribution in [0.15, 0.2) is 41.3 Å². The zero-order chi connectivity index (χ0) is 22.5. The maximum atomic E-state index is 12.8. The number of rotatable bonds is 7. The average molecular weight is 456 g/mol. The van der Waals surface area contributed by atoms with Gasteiger partial charge in [0, 0.05) is 38.9 Å². The quantitative estimate of drug-likeness (QED) is 0.417. The van der Waals surface area contributed by atoms with Crippen LogP contribution in [0, 0.1) is 4.77 Å². The summed E-state index contributed by atoms with van der Waals surface area (Å²) in [6.07, 6.45) is 2.31. The fourth-order valence-electron chi connectivity index (χ4n) is 3.61.